The fourth-order valence-electron chi connectivity index (χ4n) is 3.24. The van der Waals surface area contributed by atoms with Gasteiger partial charge in [-0.2, -0.15) is 0 Å². The molecule has 2 aliphatic rings. The largest absolute Gasteiger partial charge is 0.491 e. The van der Waals surface area contributed by atoms with Gasteiger partial charge in [0.1, 0.15) is 12.4 Å². The number of likely N-dealkylation sites (N-methyl/N-ethyl adjacent to an activating group) is 1. The number of nitrogens with zero attached hydrogens (tertiary/aromatic N) is 1. The molecular weight excluding hydrogens is 328 g/mol. The number of piperidine rings is 1. The van der Waals surface area contributed by atoms with Crippen LogP contribution in [0.15, 0.2) is 24.3 Å². The highest BCUT2D eigenvalue weighted by molar-refractivity contribution is 5.94. The molecule has 0 spiro atoms. The van der Waals surface area contributed by atoms with E-state index in [1.807, 2.05) is 36.2 Å². The van der Waals surface area contributed by atoms with Crippen molar-refractivity contribution < 1.29 is 14.3 Å². The highest BCUT2D eigenvalue weighted by Crippen LogP contribution is 2.19. The molecule has 0 saturated carbocycles. The van der Waals surface area contributed by atoms with Crippen molar-refractivity contribution in [3.05, 3.63) is 29.8 Å². The van der Waals surface area contributed by atoms with Crippen LogP contribution < -0.4 is 10.1 Å². The molecule has 6 heteroatoms. The summed E-state index contributed by atoms with van der Waals surface area (Å²) in [7, 11) is 1.96. The zero-order chi connectivity index (χ0) is 16.1. The van der Waals surface area contributed by atoms with E-state index in [1.54, 1.807) is 0 Å². The maximum absolute atomic E-state index is 12.6. The maximum Gasteiger partial charge on any atom is 0.253 e. The van der Waals surface area contributed by atoms with E-state index >= 15 is 0 Å². The Labute approximate surface area is 150 Å². The first-order valence-electron chi connectivity index (χ1n) is 8.57. The second kappa shape index (κ2) is 9.25. The molecule has 1 amide bonds. The van der Waals surface area contributed by atoms with Crippen molar-refractivity contribution in [2.45, 2.75) is 37.8 Å². The summed E-state index contributed by atoms with van der Waals surface area (Å²) in [5.74, 6) is 0.902. The van der Waals surface area contributed by atoms with Gasteiger partial charge < -0.3 is 19.7 Å². The van der Waals surface area contributed by atoms with Gasteiger partial charge in [-0.3, -0.25) is 4.79 Å². The Morgan fingerprint density at radius 1 is 1.29 bits per heavy atom. The summed E-state index contributed by atoms with van der Waals surface area (Å²) in [6.07, 6.45) is 4.59. The molecule has 1 aromatic rings. The first-order valence-corrected chi connectivity index (χ1v) is 8.57. The Balaban J connectivity index is 0.00000208. The summed E-state index contributed by atoms with van der Waals surface area (Å²) in [5, 5.41) is 3.27. The summed E-state index contributed by atoms with van der Waals surface area (Å²) in [6, 6.07) is 7.87. The zero-order valence-electron chi connectivity index (χ0n) is 14.2. The third-order valence-electron chi connectivity index (χ3n) is 4.68. The average molecular weight is 355 g/mol. The van der Waals surface area contributed by atoms with Crippen LogP contribution in [0.4, 0.5) is 0 Å². The molecule has 0 radical (unpaired) electrons. The van der Waals surface area contributed by atoms with E-state index in [0.717, 1.165) is 56.7 Å². The number of carbonyl (C=O) groups excluding carboxylic acids is 1. The highest BCUT2D eigenvalue weighted by atomic mass is 35.5. The zero-order valence-corrected chi connectivity index (χ0v) is 15.0. The minimum absolute atomic E-state index is 0. The molecule has 24 heavy (non-hydrogen) atoms. The average Bonchev–Trinajstić information content (AvgIpc) is 3.13. The lowest BCUT2D eigenvalue weighted by Crippen LogP contribution is -2.46. The standard InChI is InChI=1S/C18H26N2O3.ClH/c1-19-15-4-2-10-20(12-15)18(21)14-6-8-16(9-7-14)23-13-17-5-3-11-22-17;/h6-9,15,17,19H,2-5,10-13H2,1H3;1H. The van der Waals surface area contributed by atoms with Crippen LogP contribution in [-0.4, -0.2) is 56.3 Å². The van der Waals surface area contributed by atoms with Gasteiger partial charge in [0, 0.05) is 31.3 Å². The molecule has 2 saturated heterocycles. The van der Waals surface area contributed by atoms with Gasteiger partial charge in [0.05, 0.1) is 6.10 Å². The summed E-state index contributed by atoms with van der Waals surface area (Å²) >= 11 is 0. The van der Waals surface area contributed by atoms with Crippen LogP contribution in [0.25, 0.3) is 0 Å². The van der Waals surface area contributed by atoms with Crippen LogP contribution in [0.3, 0.4) is 0 Å². The molecule has 2 fully saturated rings. The summed E-state index contributed by atoms with van der Waals surface area (Å²) < 4.78 is 11.3. The van der Waals surface area contributed by atoms with Crippen molar-refractivity contribution in [1.82, 2.24) is 10.2 Å². The van der Waals surface area contributed by atoms with E-state index in [1.165, 1.54) is 0 Å². The topological polar surface area (TPSA) is 50.8 Å². The molecule has 0 bridgehead atoms. The van der Waals surface area contributed by atoms with Gasteiger partial charge in [0.15, 0.2) is 0 Å². The Morgan fingerprint density at radius 3 is 2.75 bits per heavy atom. The number of benzene rings is 1. The van der Waals surface area contributed by atoms with Crippen LogP contribution >= 0.6 is 12.4 Å². The van der Waals surface area contributed by atoms with Gasteiger partial charge >= 0.3 is 0 Å². The van der Waals surface area contributed by atoms with Gasteiger partial charge in [-0.05, 0) is 57.0 Å². The van der Waals surface area contributed by atoms with Crippen LogP contribution in [0.1, 0.15) is 36.0 Å². The minimum Gasteiger partial charge on any atom is -0.491 e. The summed E-state index contributed by atoms with van der Waals surface area (Å²) in [4.78, 5) is 14.5. The molecule has 2 aliphatic heterocycles. The Bertz CT molecular complexity index is 518. The van der Waals surface area contributed by atoms with Gasteiger partial charge in [-0.1, -0.05) is 0 Å². The van der Waals surface area contributed by atoms with Crippen molar-refractivity contribution in [2.24, 2.45) is 0 Å². The molecule has 2 heterocycles. The van der Waals surface area contributed by atoms with Crippen molar-refractivity contribution in [3.8, 4) is 5.75 Å². The Morgan fingerprint density at radius 2 is 2.08 bits per heavy atom. The lowest BCUT2D eigenvalue weighted by Gasteiger charge is -2.32. The van der Waals surface area contributed by atoms with Crippen LogP contribution in [0.2, 0.25) is 0 Å². The first kappa shape index (κ1) is 19.0. The van der Waals surface area contributed by atoms with E-state index in [9.17, 15) is 4.79 Å². The number of ether oxygens (including phenoxy) is 2. The maximum atomic E-state index is 12.6. The number of hydrogen-bond donors (Lipinski definition) is 1. The molecule has 2 unspecified atom stereocenters. The summed E-state index contributed by atoms with van der Waals surface area (Å²) in [5.41, 5.74) is 0.728. The lowest BCUT2D eigenvalue weighted by atomic mass is 10.0. The smallest absolute Gasteiger partial charge is 0.253 e. The van der Waals surface area contributed by atoms with E-state index < -0.39 is 0 Å². The molecule has 5 nitrogen and oxygen atoms in total. The number of nitrogens with one attached hydrogen (secondary N) is 1. The number of hydrogen-bond acceptors (Lipinski definition) is 4. The molecule has 134 valence electrons. The monoisotopic (exact) mass is 354 g/mol. The minimum atomic E-state index is 0. The number of rotatable bonds is 5. The van der Waals surface area contributed by atoms with Gasteiger partial charge in [-0.15, -0.1) is 12.4 Å². The van der Waals surface area contributed by atoms with Gasteiger partial charge in [-0.25, -0.2) is 0 Å². The van der Waals surface area contributed by atoms with Crippen LogP contribution in [0, 0.1) is 0 Å². The molecule has 1 N–H and O–H groups in total. The highest BCUT2D eigenvalue weighted by Gasteiger charge is 2.23. The predicted octanol–water partition coefficient (Wildman–Crippen LogP) is 2.49. The van der Waals surface area contributed by atoms with E-state index in [4.69, 9.17) is 9.47 Å². The summed E-state index contributed by atoms with van der Waals surface area (Å²) in [6.45, 7) is 3.05. The SMILES string of the molecule is CNC1CCCN(C(=O)c2ccc(OCC3CCCO3)cc2)C1.Cl. The first-order chi connectivity index (χ1) is 11.3. The number of likely N-dealkylation sites (tertiary alicyclic amines) is 1. The van der Waals surface area contributed by atoms with Gasteiger partial charge in [0.2, 0.25) is 0 Å². The van der Waals surface area contributed by atoms with Crippen LogP contribution in [-0.2, 0) is 4.74 Å². The second-order valence-corrected chi connectivity index (χ2v) is 6.35. The fourth-order valence-corrected chi connectivity index (χ4v) is 3.24. The second-order valence-electron chi connectivity index (χ2n) is 6.35. The third-order valence-corrected chi connectivity index (χ3v) is 4.68. The van der Waals surface area contributed by atoms with Crippen LogP contribution in [0.5, 0.6) is 5.75 Å². The quantitative estimate of drug-likeness (QED) is 0.882. The third kappa shape index (κ3) is 4.85. The number of carbonyl (C=O) groups is 1. The molecule has 0 aliphatic carbocycles. The fraction of sp³-hybridized carbons (Fsp3) is 0.611. The predicted molar refractivity (Wildman–Crippen MR) is 96.1 cm³/mol. The molecular formula is C18H27ClN2O3. The molecule has 3 rings (SSSR count). The van der Waals surface area contributed by atoms with E-state index in [0.29, 0.717) is 12.6 Å². The van der Waals surface area contributed by atoms with Gasteiger partial charge in [0.25, 0.3) is 5.91 Å². The lowest BCUT2D eigenvalue weighted by molar-refractivity contribution is 0.0676. The van der Waals surface area contributed by atoms with Crippen molar-refractivity contribution >= 4 is 18.3 Å². The molecule has 0 aromatic heterocycles. The number of halogens is 1. The van der Waals surface area contributed by atoms with E-state index in [2.05, 4.69) is 5.32 Å². The van der Waals surface area contributed by atoms with Crippen molar-refractivity contribution in [3.63, 3.8) is 0 Å². The van der Waals surface area contributed by atoms with Crippen molar-refractivity contribution in [2.75, 3.05) is 33.4 Å². The number of amides is 1. The molecule has 1 aromatic carbocycles. The Kier molecular flexibility index (Phi) is 7.34. The Hall–Kier alpha value is -1.30. The van der Waals surface area contributed by atoms with E-state index in [-0.39, 0.29) is 24.4 Å². The molecule has 2 atom stereocenters. The van der Waals surface area contributed by atoms with Crippen molar-refractivity contribution in [1.29, 1.82) is 0 Å². The normalized spacial score (nSPS) is 23.6.